The summed E-state index contributed by atoms with van der Waals surface area (Å²) in [6.07, 6.45) is 2.70. The standard InChI is InChI=1S/C22H24N2O5/c1-2-28-19-12-10-18(11-13-19)24-21(26)15-6-8-17(9-7-15)23-20(25)14-29-22(27)16-4-3-5-16/h6-13,16H,2-5,14H2,1H3,(H,23,25)(H,24,26). The van der Waals surface area contributed by atoms with Gasteiger partial charge >= 0.3 is 5.97 Å². The molecule has 0 atom stereocenters. The van der Waals surface area contributed by atoms with Gasteiger partial charge in [-0.3, -0.25) is 14.4 Å². The number of rotatable bonds is 8. The lowest BCUT2D eigenvalue weighted by Crippen LogP contribution is -2.28. The van der Waals surface area contributed by atoms with Gasteiger partial charge < -0.3 is 20.1 Å². The molecule has 3 rings (SSSR count). The van der Waals surface area contributed by atoms with E-state index in [0.717, 1.165) is 25.0 Å². The third kappa shape index (κ3) is 5.81. The fraction of sp³-hybridized carbons (Fsp3) is 0.318. The molecule has 0 aromatic heterocycles. The van der Waals surface area contributed by atoms with Crippen LogP contribution in [0.25, 0.3) is 0 Å². The Morgan fingerprint density at radius 1 is 0.931 bits per heavy atom. The number of carbonyl (C=O) groups excluding carboxylic acids is 3. The van der Waals surface area contributed by atoms with Crippen LogP contribution < -0.4 is 15.4 Å². The first kappa shape index (κ1) is 20.4. The second kappa shape index (κ2) is 9.73. The van der Waals surface area contributed by atoms with Crippen molar-refractivity contribution in [1.82, 2.24) is 0 Å². The highest BCUT2D eigenvalue weighted by Gasteiger charge is 2.27. The van der Waals surface area contributed by atoms with Crippen molar-refractivity contribution < 1.29 is 23.9 Å². The van der Waals surface area contributed by atoms with Gasteiger partial charge in [0.25, 0.3) is 11.8 Å². The normalized spacial score (nSPS) is 13.1. The Morgan fingerprint density at radius 3 is 2.14 bits per heavy atom. The molecular formula is C22H24N2O5. The minimum absolute atomic E-state index is 0.0593. The van der Waals surface area contributed by atoms with E-state index >= 15 is 0 Å². The predicted molar refractivity (Wildman–Crippen MR) is 109 cm³/mol. The maximum Gasteiger partial charge on any atom is 0.309 e. The van der Waals surface area contributed by atoms with E-state index in [1.165, 1.54) is 0 Å². The van der Waals surface area contributed by atoms with E-state index in [0.29, 0.717) is 23.5 Å². The molecule has 0 spiro atoms. The Hall–Kier alpha value is -3.35. The molecule has 2 N–H and O–H groups in total. The number of nitrogens with one attached hydrogen (secondary N) is 2. The van der Waals surface area contributed by atoms with E-state index in [1.54, 1.807) is 48.5 Å². The Balaban J connectivity index is 1.47. The first-order valence-electron chi connectivity index (χ1n) is 9.66. The molecular weight excluding hydrogens is 372 g/mol. The summed E-state index contributed by atoms with van der Waals surface area (Å²) in [5.41, 5.74) is 1.63. The zero-order valence-corrected chi connectivity index (χ0v) is 16.3. The number of anilines is 2. The number of esters is 1. The van der Waals surface area contributed by atoms with Gasteiger partial charge in [0.15, 0.2) is 6.61 Å². The molecule has 1 aliphatic rings. The molecule has 1 aliphatic carbocycles. The van der Waals surface area contributed by atoms with Crippen LogP contribution in [-0.4, -0.2) is 31.0 Å². The SMILES string of the molecule is CCOc1ccc(NC(=O)c2ccc(NC(=O)COC(=O)C3CCC3)cc2)cc1. The molecule has 0 saturated heterocycles. The Bertz CT molecular complexity index is 858. The number of hydrogen-bond acceptors (Lipinski definition) is 5. The topological polar surface area (TPSA) is 93.7 Å². The van der Waals surface area contributed by atoms with Gasteiger partial charge in [0.05, 0.1) is 12.5 Å². The van der Waals surface area contributed by atoms with Crippen LogP contribution >= 0.6 is 0 Å². The smallest absolute Gasteiger partial charge is 0.309 e. The van der Waals surface area contributed by atoms with Crippen molar-refractivity contribution in [2.24, 2.45) is 5.92 Å². The van der Waals surface area contributed by atoms with E-state index in [2.05, 4.69) is 10.6 Å². The number of carbonyl (C=O) groups is 3. The van der Waals surface area contributed by atoms with Crippen molar-refractivity contribution in [2.75, 3.05) is 23.8 Å². The maximum atomic E-state index is 12.3. The number of benzene rings is 2. The molecule has 0 radical (unpaired) electrons. The van der Waals surface area contributed by atoms with E-state index in [4.69, 9.17) is 9.47 Å². The fourth-order valence-corrected chi connectivity index (χ4v) is 2.80. The van der Waals surface area contributed by atoms with Crippen molar-refractivity contribution in [1.29, 1.82) is 0 Å². The van der Waals surface area contributed by atoms with E-state index in [1.807, 2.05) is 6.92 Å². The summed E-state index contributed by atoms with van der Waals surface area (Å²) in [7, 11) is 0. The molecule has 29 heavy (non-hydrogen) atoms. The Kier molecular flexibility index (Phi) is 6.84. The highest BCUT2D eigenvalue weighted by molar-refractivity contribution is 6.04. The van der Waals surface area contributed by atoms with Crippen molar-refractivity contribution in [3.63, 3.8) is 0 Å². The molecule has 152 valence electrons. The van der Waals surface area contributed by atoms with Crippen molar-refractivity contribution >= 4 is 29.2 Å². The van der Waals surface area contributed by atoms with Crippen LogP contribution in [0.1, 0.15) is 36.5 Å². The summed E-state index contributed by atoms with van der Waals surface area (Å²) in [6, 6.07) is 13.6. The minimum atomic E-state index is -0.413. The van der Waals surface area contributed by atoms with Crippen molar-refractivity contribution in [3.8, 4) is 5.75 Å². The molecule has 2 aromatic rings. The van der Waals surface area contributed by atoms with Crippen LogP contribution in [-0.2, 0) is 14.3 Å². The first-order valence-corrected chi connectivity index (χ1v) is 9.66. The zero-order valence-electron chi connectivity index (χ0n) is 16.3. The molecule has 7 heteroatoms. The second-order valence-corrected chi connectivity index (χ2v) is 6.77. The molecule has 7 nitrogen and oxygen atoms in total. The van der Waals surface area contributed by atoms with Crippen LogP contribution in [0, 0.1) is 5.92 Å². The van der Waals surface area contributed by atoms with Gasteiger partial charge in [-0.15, -0.1) is 0 Å². The van der Waals surface area contributed by atoms with E-state index in [-0.39, 0.29) is 24.4 Å². The predicted octanol–water partition coefficient (Wildman–Crippen LogP) is 3.62. The fourth-order valence-electron chi connectivity index (χ4n) is 2.80. The summed E-state index contributed by atoms with van der Waals surface area (Å²) in [6.45, 7) is 2.18. The van der Waals surface area contributed by atoms with Gasteiger partial charge in [-0.25, -0.2) is 0 Å². The van der Waals surface area contributed by atoms with Gasteiger partial charge in [0, 0.05) is 16.9 Å². The first-order chi connectivity index (χ1) is 14.0. The van der Waals surface area contributed by atoms with E-state index < -0.39 is 5.91 Å². The summed E-state index contributed by atoms with van der Waals surface area (Å²) in [5.74, 6) is -0.307. The Labute approximate surface area is 169 Å². The van der Waals surface area contributed by atoms with Crippen molar-refractivity contribution in [2.45, 2.75) is 26.2 Å². The van der Waals surface area contributed by atoms with Gasteiger partial charge in [0.1, 0.15) is 5.75 Å². The largest absolute Gasteiger partial charge is 0.494 e. The molecule has 0 aliphatic heterocycles. The number of amides is 2. The maximum absolute atomic E-state index is 12.3. The summed E-state index contributed by atoms with van der Waals surface area (Å²) in [5, 5.41) is 5.45. The van der Waals surface area contributed by atoms with Gasteiger partial charge in [-0.05, 0) is 68.3 Å². The highest BCUT2D eigenvalue weighted by atomic mass is 16.5. The summed E-state index contributed by atoms with van der Waals surface area (Å²) >= 11 is 0. The highest BCUT2D eigenvalue weighted by Crippen LogP contribution is 2.27. The third-order valence-corrected chi connectivity index (χ3v) is 4.64. The number of hydrogen-bond donors (Lipinski definition) is 2. The average molecular weight is 396 g/mol. The minimum Gasteiger partial charge on any atom is -0.494 e. The lowest BCUT2D eigenvalue weighted by atomic mass is 9.86. The lowest BCUT2D eigenvalue weighted by molar-refractivity contribution is -0.154. The molecule has 0 unspecified atom stereocenters. The van der Waals surface area contributed by atoms with E-state index in [9.17, 15) is 14.4 Å². The van der Waals surface area contributed by atoms with Gasteiger partial charge in [-0.1, -0.05) is 6.42 Å². The van der Waals surface area contributed by atoms with Crippen LogP contribution in [0.5, 0.6) is 5.75 Å². The average Bonchev–Trinajstić information content (AvgIpc) is 2.67. The molecule has 0 bridgehead atoms. The molecule has 1 fully saturated rings. The molecule has 2 aromatic carbocycles. The van der Waals surface area contributed by atoms with Gasteiger partial charge in [-0.2, -0.15) is 0 Å². The van der Waals surface area contributed by atoms with Crippen LogP contribution in [0.4, 0.5) is 11.4 Å². The monoisotopic (exact) mass is 396 g/mol. The zero-order chi connectivity index (χ0) is 20.6. The quantitative estimate of drug-likeness (QED) is 0.665. The summed E-state index contributed by atoms with van der Waals surface area (Å²) < 4.78 is 10.4. The third-order valence-electron chi connectivity index (χ3n) is 4.64. The van der Waals surface area contributed by atoms with Gasteiger partial charge in [0.2, 0.25) is 0 Å². The van der Waals surface area contributed by atoms with Crippen LogP contribution in [0.3, 0.4) is 0 Å². The molecule has 1 saturated carbocycles. The lowest BCUT2D eigenvalue weighted by Gasteiger charge is -2.22. The Morgan fingerprint density at radius 2 is 1.55 bits per heavy atom. The number of ether oxygens (including phenoxy) is 2. The molecule has 0 heterocycles. The van der Waals surface area contributed by atoms with Crippen molar-refractivity contribution in [3.05, 3.63) is 54.1 Å². The summed E-state index contributed by atoms with van der Waals surface area (Å²) in [4.78, 5) is 35.9. The second-order valence-electron chi connectivity index (χ2n) is 6.77. The van der Waals surface area contributed by atoms with Crippen LogP contribution in [0.15, 0.2) is 48.5 Å². The van der Waals surface area contributed by atoms with Crippen LogP contribution in [0.2, 0.25) is 0 Å². The molecule has 2 amide bonds.